The molecular weight excluding hydrogens is 359 g/mol. The Morgan fingerprint density at radius 1 is 0.538 bits per heavy atom. The summed E-state index contributed by atoms with van der Waals surface area (Å²) in [6, 6.07) is 0. The summed E-state index contributed by atoms with van der Waals surface area (Å²) in [7, 11) is 0. The van der Waals surface area contributed by atoms with Crippen LogP contribution in [0.1, 0.15) is 0 Å². The van der Waals surface area contributed by atoms with Crippen molar-refractivity contribution in [2.45, 2.75) is 39.3 Å². The molecule has 0 aliphatic carbocycles. The van der Waals surface area contributed by atoms with Crippen LogP contribution in [0.15, 0.2) is 0 Å². The maximum atomic E-state index is 2.37. The summed E-state index contributed by atoms with van der Waals surface area (Å²) in [6.45, 7) is 14.2. The van der Waals surface area contributed by atoms with Crippen molar-refractivity contribution >= 4 is 10.4 Å². The van der Waals surface area contributed by atoms with Crippen LogP contribution in [0.25, 0.3) is 0 Å². The van der Waals surface area contributed by atoms with Crippen LogP contribution in [-0.4, -0.2) is 10.4 Å². The first-order valence-corrected chi connectivity index (χ1v) is 17.9. The molecule has 7 heteroatoms. The van der Waals surface area contributed by atoms with Crippen LogP contribution in [0.5, 0.6) is 0 Å². The molecule has 0 N–H and O–H groups in total. The van der Waals surface area contributed by atoms with E-state index in [0.29, 0.717) is 0 Å². The topological polar surface area (TPSA) is 85.5 Å². The molecule has 0 radical (unpaired) electrons. The van der Waals surface area contributed by atoms with Crippen LogP contribution in [0, 0.1) is 0 Å². The van der Waals surface area contributed by atoms with Gasteiger partial charge in [0, 0.05) is 0 Å². The number of hydrogen-bond acceptors (Lipinski definition) is 0. The second kappa shape index (κ2) is 12.2. The van der Waals surface area contributed by atoms with E-state index >= 15 is 0 Å². The first-order valence-electron chi connectivity index (χ1n) is 3.50. The fourth-order valence-corrected chi connectivity index (χ4v) is 0. The predicted octanol–water partition coefficient (Wildman–Crippen LogP) is 2.38. The number of hydrogen-bond donors (Lipinski definition) is 0. The fourth-order valence-electron chi connectivity index (χ4n) is 0. The van der Waals surface area contributed by atoms with E-state index in [1.54, 1.807) is 47.8 Å². The van der Waals surface area contributed by atoms with Crippen LogP contribution in [-0.2, 0) is 64.2 Å². The molecule has 0 rings (SSSR count). The van der Waals surface area contributed by atoms with Crippen LogP contribution in [0.2, 0.25) is 39.3 Å². The first-order chi connectivity index (χ1) is 4.00. The van der Waals surface area contributed by atoms with Gasteiger partial charge in [0.15, 0.2) is 0 Å². The Kier molecular flexibility index (Phi) is 27.5. The Labute approximate surface area is 113 Å². The summed E-state index contributed by atoms with van der Waals surface area (Å²) in [5.41, 5.74) is 0. The molecule has 3 nitrogen and oxygen atoms in total. The van der Waals surface area contributed by atoms with Gasteiger partial charge in [-0.2, -0.15) is 0 Å². The minimum absolute atomic E-state index is 0. The van der Waals surface area contributed by atoms with Gasteiger partial charge in [-0.25, -0.2) is 0 Å². The molecular formula is C6H18O3Si2Zr2. The zero-order chi connectivity index (χ0) is 9.00. The molecule has 0 bridgehead atoms. The van der Waals surface area contributed by atoms with Gasteiger partial charge in [0.2, 0.25) is 0 Å². The summed E-state index contributed by atoms with van der Waals surface area (Å²) in [5, 5.41) is -1.04. The van der Waals surface area contributed by atoms with Gasteiger partial charge in [0.05, 0.1) is 0 Å². The zero-order valence-corrected chi connectivity index (χ0v) is 16.1. The molecule has 0 unspecified atom stereocenters. The van der Waals surface area contributed by atoms with Crippen molar-refractivity contribution < 1.29 is 64.2 Å². The summed E-state index contributed by atoms with van der Waals surface area (Å²) < 4.78 is 0. The molecule has 0 heterocycles. The molecule has 0 spiro atoms. The SMILES string of the molecule is C[Si](C)(C)[Zr+3].C[Si](C)(C)[Zr+3].[O-2].[O-2].[O-2]. The van der Waals surface area contributed by atoms with Crippen molar-refractivity contribution in [2.24, 2.45) is 0 Å². The largest absolute Gasteiger partial charge is 2.00 e. The molecule has 13 heavy (non-hydrogen) atoms. The standard InChI is InChI=1S/2C3H9Si.3O.2Zr/c2*1-4(2)3;;;;;/h2*1-3H3;;;;;/q;;3*-2;2*+3. The van der Waals surface area contributed by atoms with Gasteiger partial charge in [-0.3, -0.25) is 0 Å². The molecule has 0 aliphatic heterocycles. The average molecular weight is 377 g/mol. The quantitative estimate of drug-likeness (QED) is 0.581. The molecule has 0 aromatic heterocycles. The summed E-state index contributed by atoms with van der Waals surface area (Å²) in [6.07, 6.45) is 0. The summed E-state index contributed by atoms with van der Waals surface area (Å²) in [5.74, 6) is 0. The molecule has 0 atom stereocenters. The minimum atomic E-state index is -0.521. The Balaban J connectivity index is -0.0000000267. The van der Waals surface area contributed by atoms with Crippen molar-refractivity contribution in [1.29, 1.82) is 0 Å². The van der Waals surface area contributed by atoms with Gasteiger partial charge in [0.25, 0.3) is 0 Å². The predicted molar refractivity (Wildman–Crippen MR) is 48.8 cm³/mol. The van der Waals surface area contributed by atoms with Crippen molar-refractivity contribution in [3.63, 3.8) is 0 Å². The van der Waals surface area contributed by atoms with Gasteiger partial charge in [-0.05, 0) is 0 Å². The smallest absolute Gasteiger partial charge is 2.00 e. The molecule has 76 valence electrons. The Morgan fingerprint density at radius 2 is 0.538 bits per heavy atom. The normalized spacial score (nSPS) is 9.38. The van der Waals surface area contributed by atoms with Gasteiger partial charge < -0.3 is 16.4 Å². The minimum Gasteiger partial charge on any atom is -2.00 e. The van der Waals surface area contributed by atoms with Gasteiger partial charge in [-0.15, -0.1) is 0 Å². The maximum absolute atomic E-state index is 2.37. The van der Waals surface area contributed by atoms with Crippen molar-refractivity contribution in [1.82, 2.24) is 0 Å². The second-order valence-electron chi connectivity index (χ2n) is 4.50. The van der Waals surface area contributed by atoms with E-state index in [-0.39, 0.29) is 16.4 Å². The van der Waals surface area contributed by atoms with Crippen LogP contribution in [0.3, 0.4) is 0 Å². The molecule has 0 saturated carbocycles. The molecule has 0 fully saturated rings. The fraction of sp³-hybridized carbons (Fsp3) is 1.00. The third-order valence-corrected chi connectivity index (χ3v) is 0. The van der Waals surface area contributed by atoms with Crippen LogP contribution < -0.4 is 0 Å². The average Bonchev–Trinajstić information content (AvgIpc) is 1.12. The van der Waals surface area contributed by atoms with Gasteiger partial charge in [0.1, 0.15) is 0 Å². The molecule has 0 aliphatic rings. The third kappa shape index (κ3) is 475. The van der Waals surface area contributed by atoms with Crippen molar-refractivity contribution in [2.75, 3.05) is 0 Å². The molecule has 0 amide bonds. The zero-order valence-electron chi connectivity index (χ0n) is 9.22. The van der Waals surface area contributed by atoms with Gasteiger partial charge >= 0.3 is 97.4 Å². The summed E-state index contributed by atoms with van der Waals surface area (Å²) in [4.78, 5) is 0. The van der Waals surface area contributed by atoms with Crippen LogP contribution >= 0.6 is 0 Å². The van der Waals surface area contributed by atoms with E-state index in [1.165, 1.54) is 0 Å². The Hall–Kier alpha value is 2.08. The first kappa shape index (κ1) is 29.4. The van der Waals surface area contributed by atoms with Crippen molar-refractivity contribution in [3.05, 3.63) is 0 Å². The summed E-state index contributed by atoms with van der Waals surface area (Å²) >= 11 is 3.51. The van der Waals surface area contributed by atoms with E-state index in [2.05, 4.69) is 39.3 Å². The molecule has 0 saturated heterocycles. The Bertz CT molecular complexity index is 66.9. The third-order valence-electron chi connectivity index (χ3n) is 0. The van der Waals surface area contributed by atoms with Gasteiger partial charge in [-0.1, -0.05) is 0 Å². The monoisotopic (exact) mass is 374 g/mol. The van der Waals surface area contributed by atoms with E-state index in [1.807, 2.05) is 0 Å². The molecule has 0 aromatic carbocycles. The van der Waals surface area contributed by atoms with E-state index in [9.17, 15) is 0 Å². The second-order valence-corrected chi connectivity index (χ2v) is 35.6. The van der Waals surface area contributed by atoms with E-state index in [0.717, 1.165) is 0 Å². The number of rotatable bonds is 0. The van der Waals surface area contributed by atoms with E-state index in [4.69, 9.17) is 0 Å². The van der Waals surface area contributed by atoms with Crippen molar-refractivity contribution in [3.8, 4) is 0 Å². The van der Waals surface area contributed by atoms with E-state index < -0.39 is 10.4 Å². The maximum Gasteiger partial charge on any atom is -2.00 e. The van der Waals surface area contributed by atoms with Crippen LogP contribution in [0.4, 0.5) is 0 Å². The Morgan fingerprint density at radius 3 is 0.538 bits per heavy atom. The molecule has 0 aromatic rings.